The molecule has 4 heteroatoms. The molecule has 0 unspecified atom stereocenters. The van der Waals surface area contributed by atoms with Crippen LogP contribution in [0.1, 0.15) is 15.9 Å². The van der Waals surface area contributed by atoms with Crippen molar-refractivity contribution >= 4 is 11.8 Å². The first kappa shape index (κ1) is 12.8. The predicted octanol–water partition coefficient (Wildman–Crippen LogP) is 1.89. The van der Waals surface area contributed by atoms with Crippen LogP contribution in [-0.4, -0.2) is 16.9 Å². The molecule has 2 aromatic rings. The number of benzene rings is 2. The van der Waals surface area contributed by atoms with Crippen molar-refractivity contribution in [1.29, 1.82) is 0 Å². The topological polar surface area (TPSA) is 66.4 Å². The lowest BCUT2D eigenvalue weighted by Crippen LogP contribution is -2.31. The minimum atomic E-state index is -0.471. The molecule has 4 nitrogen and oxygen atoms in total. The minimum absolute atomic E-state index is 0.0761. The van der Waals surface area contributed by atoms with Gasteiger partial charge in [-0.1, -0.05) is 30.3 Å². The highest BCUT2D eigenvalue weighted by Crippen LogP contribution is 2.09. The van der Waals surface area contributed by atoms with Gasteiger partial charge in [0.05, 0.1) is 6.42 Å². The maximum atomic E-state index is 11.7. The number of aromatic hydroxyl groups is 1. The normalized spacial score (nSPS) is 9.89. The number of rotatable bonds is 3. The molecular formula is C15H13NO3. The van der Waals surface area contributed by atoms with Gasteiger partial charge in [-0.15, -0.1) is 0 Å². The second-order valence-corrected chi connectivity index (χ2v) is 4.09. The maximum Gasteiger partial charge on any atom is 0.257 e. The Morgan fingerprint density at radius 3 is 2.21 bits per heavy atom. The fourth-order valence-corrected chi connectivity index (χ4v) is 1.64. The number of hydrogen-bond acceptors (Lipinski definition) is 3. The molecule has 0 aliphatic heterocycles. The lowest BCUT2D eigenvalue weighted by atomic mass is 10.1. The molecule has 0 bridgehead atoms. The Morgan fingerprint density at radius 2 is 1.58 bits per heavy atom. The van der Waals surface area contributed by atoms with Crippen LogP contribution in [0.2, 0.25) is 0 Å². The lowest BCUT2D eigenvalue weighted by Gasteiger charge is -2.04. The van der Waals surface area contributed by atoms with Crippen molar-refractivity contribution in [2.24, 2.45) is 0 Å². The van der Waals surface area contributed by atoms with Gasteiger partial charge in [-0.3, -0.25) is 14.9 Å². The van der Waals surface area contributed by atoms with Crippen molar-refractivity contribution in [3.63, 3.8) is 0 Å². The second kappa shape index (κ2) is 5.82. The smallest absolute Gasteiger partial charge is 0.257 e. The van der Waals surface area contributed by atoms with Crippen LogP contribution in [0.5, 0.6) is 5.75 Å². The van der Waals surface area contributed by atoms with Crippen LogP contribution in [0, 0.1) is 0 Å². The fourth-order valence-electron chi connectivity index (χ4n) is 1.64. The van der Waals surface area contributed by atoms with Crippen molar-refractivity contribution in [1.82, 2.24) is 5.32 Å². The van der Waals surface area contributed by atoms with Crippen molar-refractivity contribution in [3.05, 3.63) is 65.7 Å². The standard InChI is InChI=1S/C15H13NO3/c17-13-8-6-12(7-9-13)15(19)16-14(18)10-11-4-2-1-3-5-11/h1-9,17H,10H2,(H,16,18,19). The molecule has 0 spiro atoms. The third-order valence-corrected chi connectivity index (χ3v) is 2.59. The number of hydrogen-bond donors (Lipinski definition) is 2. The number of imide groups is 1. The van der Waals surface area contributed by atoms with Crippen LogP contribution in [0.3, 0.4) is 0 Å². The molecule has 19 heavy (non-hydrogen) atoms. The summed E-state index contributed by atoms with van der Waals surface area (Å²) in [5, 5.41) is 11.4. The van der Waals surface area contributed by atoms with Gasteiger partial charge in [-0.05, 0) is 29.8 Å². The number of amides is 2. The van der Waals surface area contributed by atoms with Crippen LogP contribution >= 0.6 is 0 Å². The van der Waals surface area contributed by atoms with Gasteiger partial charge in [-0.25, -0.2) is 0 Å². The number of phenolic OH excluding ortho intramolecular Hbond substituents is 1. The van der Waals surface area contributed by atoms with Gasteiger partial charge in [0.2, 0.25) is 5.91 Å². The molecule has 2 N–H and O–H groups in total. The second-order valence-electron chi connectivity index (χ2n) is 4.09. The predicted molar refractivity (Wildman–Crippen MR) is 70.7 cm³/mol. The van der Waals surface area contributed by atoms with E-state index in [-0.39, 0.29) is 18.1 Å². The monoisotopic (exact) mass is 255 g/mol. The zero-order chi connectivity index (χ0) is 13.7. The molecule has 2 aromatic carbocycles. The van der Waals surface area contributed by atoms with Gasteiger partial charge < -0.3 is 5.11 Å². The number of carbonyl (C=O) groups is 2. The van der Waals surface area contributed by atoms with Gasteiger partial charge in [0.1, 0.15) is 5.75 Å². The first-order valence-corrected chi connectivity index (χ1v) is 5.82. The summed E-state index contributed by atoms with van der Waals surface area (Å²) in [5.74, 6) is -0.752. The molecule has 0 fully saturated rings. The molecule has 0 aliphatic rings. The highest BCUT2D eigenvalue weighted by atomic mass is 16.3. The van der Waals surface area contributed by atoms with E-state index in [2.05, 4.69) is 5.32 Å². The van der Waals surface area contributed by atoms with E-state index in [1.54, 1.807) is 0 Å². The molecule has 0 saturated heterocycles. The fraction of sp³-hybridized carbons (Fsp3) is 0.0667. The SMILES string of the molecule is O=C(Cc1ccccc1)NC(=O)c1ccc(O)cc1. The van der Waals surface area contributed by atoms with Crippen molar-refractivity contribution in [2.45, 2.75) is 6.42 Å². The quantitative estimate of drug-likeness (QED) is 0.880. The Bertz CT molecular complexity index is 576. The summed E-state index contributed by atoms with van der Waals surface area (Å²) in [6.07, 6.45) is 0.157. The van der Waals surface area contributed by atoms with E-state index in [0.717, 1.165) is 5.56 Å². The number of nitrogens with one attached hydrogen (secondary N) is 1. The van der Waals surface area contributed by atoms with Crippen LogP contribution in [-0.2, 0) is 11.2 Å². The molecule has 2 rings (SSSR count). The summed E-state index contributed by atoms with van der Waals surface area (Å²) in [6.45, 7) is 0. The van der Waals surface area contributed by atoms with E-state index >= 15 is 0 Å². The van der Waals surface area contributed by atoms with Crippen molar-refractivity contribution in [2.75, 3.05) is 0 Å². The first-order valence-electron chi connectivity index (χ1n) is 5.82. The minimum Gasteiger partial charge on any atom is -0.508 e. The molecule has 0 aromatic heterocycles. The average Bonchev–Trinajstić information content (AvgIpc) is 2.40. The van der Waals surface area contributed by atoms with E-state index in [1.807, 2.05) is 30.3 Å². The molecule has 0 atom stereocenters. The van der Waals surface area contributed by atoms with Crippen molar-refractivity contribution in [3.8, 4) is 5.75 Å². The molecule has 0 radical (unpaired) electrons. The Morgan fingerprint density at radius 1 is 0.947 bits per heavy atom. The molecule has 2 amide bonds. The lowest BCUT2D eigenvalue weighted by molar-refractivity contribution is -0.119. The summed E-state index contributed by atoms with van der Waals surface area (Å²) in [4.78, 5) is 23.4. The average molecular weight is 255 g/mol. The number of carbonyl (C=O) groups excluding carboxylic acids is 2. The van der Waals surface area contributed by atoms with E-state index in [4.69, 9.17) is 5.11 Å². The first-order chi connectivity index (χ1) is 9.15. The molecule has 0 aliphatic carbocycles. The van der Waals surface area contributed by atoms with Crippen LogP contribution in [0.4, 0.5) is 0 Å². The van der Waals surface area contributed by atoms with Gasteiger partial charge in [0.25, 0.3) is 5.91 Å². The largest absolute Gasteiger partial charge is 0.508 e. The Hall–Kier alpha value is -2.62. The maximum absolute atomic E-state index is 11.7. The van der Waals surface area contributed by atoms with Crippen molar-refractivity contribution < 1.29 is 14.7 Å². The summed E-state index contributed by atoms with van der Waals surface area (Å²) in [5.41, 5.74) is 1.18. The van der Waals surface area contributed by atoms with Crippen LogP contribution < -0.4 is 5.32 Å². The van der Waals surface area contributed by atoms with E-state index in [0.29, 0.717) is 5.56 Å². The highest BCUT2D eigenvalue weighted by molar-refractivity contribution is 6.05. The van der Waals surface area contributed by atoms with E-state index in [1.165, 1.54) is 24.3 Å². The summed E-state index contributed by atoms with van der Waals surface area (Å²) < 4.78 is 0. The number of phenols is 1. The summed E-state index contributed by atoms with van der Waals surface area (Å²) in [7, 11) is 0. The summed E-state index contributed by atoms with van der Waals surface area (Å²) in [6, 6.07) is 14.9. The zero-order valence-corrected chi connectivity index (χ0v) is 10.2. The molecule has 96 valence electrons. The van der Waals surface area contributed by atoms with Gasteiger partial charge in [0.15, 0.2) is 0 Å². The Kier molecular flexibility index (Phi) is 3.93. The zero-order valence-electron chi connectivity index (χ0n) is 10.2. The third-order valence-electron chi connectivity index (χ3n) is 2.59. The third kappa shape index (κ3) is 3.67. The van der Waals surface area contributed by atoms with E-state index in [9.17, 15) is 9.59 Å². The molecule has 0 heterocycles. The Labute approximate surface area is 110 Å². The summed E-state index contributed by atoms with van der Waals surface area (Å²) >= 11 is 0. The van der Waals surface area contributed by atoms with E-state index < -0.39 is 5.91 Å². The van der Waals surface area contributed by atoms with Crippen LogP contribution in [0.25, 0.3) is 0 Å². The Balaban J connectivity index is 1.95. The molecule has 0 saturated carbocycles. The van der Waals surface area contributed by atoms with Gasteiger partial charge in [-0.2, -0.15) is 0 Å². The molecular weight excluding hydrogens is 242 g/mol. The van der Waals surface area contributed by atoms with Gasteiger partial charge >= 0.3 is 0 Å². The van der Waals surface area contributed by atoms with Gasteiger partial charge in [0, 0.05) is 5.56 Å². The van der Waals surface area contributed by atoms with Crippen LogP contribution in [0.15, 0.2) is 54.6 Å². The highest BCUT2D eigenvalue weighted by Gasteiger charge is 2.10.